The first kappa shape index (κ1) is 21.9. The van der Waals surface area contributed by atoms with Gasteiger partial charge in [-0.15, -0.1) is 0 Å². The molecule has 1 fully saturated rings. The Hall–Kier alpha value is -3.88. The molecule has 0 bridgehead atoms. The maximum atomic E-state index is 5.62. The summed E-state index contributed by atoms with van der Waals surface area (Å²) in [5.74, 6) is 0. The summed E-state index contributed by atoms with van der Waals surface area (Å²) < 4.78 is 5.62. The first-order valence-corrected chi connectivity index (χ1v) is 11.8. The van der Waals surface area contributed by atoms with E-state index in [4.69, 9.17) is 4.74 Å². The van der Waals surface area contributed by atoms with Crippen molar-refractivity contribution >= 4 is 11.3 Å². The third-order valence-electron chi connectivity index (χ3n) is 6.31. The molecule has 0 atom stereocenters. The second kappa shape index (κ2) is 10.4. The molecule has 0 unspecified atom stereocenters. The molecule has 168 valence electrons. The highest BCUT2D eigenvalue weighted by Gasteiger charge is 2.16. The van der Waals surface area contributed by atoms with Crippen LogP contribution in [-0.4, -0.2) is 31.2 Å². The summed E-state index contributed by atoms with van der Waals surface area (Å²) >= 11 is 0. The third-order valence-corrected chi connectivity index (χ3v) is 6.31. The number of benzene rings is 4. The molecular formula is C32H29NO. The van der Waals surface area contributed by atoms with Crippen molar-refractivity contribution in [1.29, 1.82) is 0 Å². The van der Waals surface area contributed by atoms with Crippen LogP contribution in [0.5, 0.6) is 0 Å². The van der Waals surface area contributed by atoms with Crippen LogP contribution in [0.2, 0.25) is 0 Å². The molecule has 0 radical (unpaired) electrons. The molecule has 4 aromatic carbocycles. The average Bonchev–Trinajstić information content (AvgIpc) is 2.93. The number of allylic oxidation sites excluding steroid dienone is 2. The van der Waals surface area contributed by atoms with E-state index in [-0.39, 0.29) is 0 Å². The predicted octanol–water partition coefficient (Wildman–Crippen LogP) is 7.41. The smallest absolute Gasteiger partial charge is 0.0642 e. The number of nitrogens with zero attached hydrogens (tertiary/aromatic N) is 1. The van der Waals surface area contributed by atoms with Crippen LogP contribution in [-0.2, 0) is 4.74 Å². The fourth-order valence-electron chi connectivity index (χ4n) is 4.38. The van der Waals surface area contributed by atoms with Gasteiger partial charge in [0.1, 0.15) is 0 Å². The summed E-state index contributed by atoms with van der Waals surface area (Å²) in [7, 11) is 0. The molecule has 4 aromatic rings. The molecule has 1 aliphatic rings. The minimum Gasteiger partial charge on any atom is -0.378 e. The largest absolute Gasteiger partial charge is 0.378 e. The molecule has 0 amide bonds. The van der Waals surface area contributed by atoms with Crippen molar-refractivity contribution < 1.29 is 4.74 Å². The lowest BCUT2D eigenvalue weighted by molar-refractivity contribution is 0.0640. The van der Waals surface area contributed by atoms with Gasteiger partial charge in [-0.05, 0) is 45.0 Å². The zero-order chi connectivity index (χ0) is 23.2. The minimum absolute atomic E-state index is 0.748. The molecular weight excluding hydrogens is 414 g/mol. The topological polar surface area (TPSA) is 12.5 Å². The summed E-state index contributed by atoms with van der Waals surface area (Å²) in [4.78, 5) is 2.41. The molecule has 2 heteroatoms. The summed E-state index contributed by atoms with van der Waals surface area (Å²) in [6.45, 7) is 7.68. The van der Waals surface area contributed by atoms with Crippen LogP contribution in [0.1, 0.15) is 11.1 Å². The van der Waals surface area contributed by atoms with Crippen molar-refractivity contribution in [1.82, 2.24) is 4.90 Å². The quantitative estimate of drug-likeness (QED) is 0.288. The van der Waals surface area contributed by atoms with Crippen molar-refractivity contribution in [2.24, 2.45) is 0 Å². The van der Waals surface area contributed by atoms with E-state index in [0.29, 0.717) is 0 Å². The Morgan fingerprint density at radius 1 is 0.588 bits per heavy atom. The van der Waals surface area contributed by atoms with Crippen molar-refractivity contribution in [3.05, 3.63) is 133 Å². The Morgan fingerprint density at radius 2 is 1.03 bits per heavy atom. The Labute approximate surface area is 202 Å². The molecule has 5 rings (SSSR count). The van der Waals surface area contributed by atoms with Gasteiger partial charge in [0.2, 0.25) is 0 Å². The van der Waals surface area contributed by atoms with Crippen LogP contribution >= 0.6 is 0 Å². The fraction of sp³-hybridized carbons (Fsp3) is 0.125. The highest BCUT2D eigenvalue weighted by molar-refractivity contribution is 5.83. The second-order valence-corrected chi connectivity index (χ2v) is 8.54. The van der Waals surface area contributed by atoms with Gasteiger partial charge in [0, 0.05) is 18.8 Å². The fourth-order valence-corrected chi connectivity index (χ4v) is 4.38. The third kappa shape index (κ3) is 5.03. The minimum atomic E-state index is 0.748. The zero-order valence-corrected chi connectivity index (χ0v) is 19.4. The standard InChI is InChI=1S/C32H29NO/c1-25(26-12-14-29(15-13-26)27-8-4-2-5-9-27)24-32(33-20-22-34-23-21-33)31-18-16-30(17-19-31)28-10-6-3-7-11-28/h2-19,24H,1,20-23H2/b32-24-. The molecule has 0 aliphatic carbocycles. The van der Waals surface area contributed by atoms with Crippen LogP contribution in [0.15, 0.2) is 122 Å². The number of rotatable bonds is 6. The summed E-state index contributed by atoms with van der Waals surface area (Å²) in [5.41, 5.74) is 9.42. The Balaban J connectivity index is 1.43. The highest BCUT2D eigenvalue weighted by Crippen LogP contribution is 2.29. The zero-order valence-electron chi connectivity index (χ0n) is 19.4. The van der Waals surface area contributed by atoms with Gasteiger partial charge in [-0.25, -0.2) is 0 Å². The summed E-state index contributed by atoms with van der Waals surface area (Å²) in [6, 6.07) is 38.5. The van der Waals surface area contributed by atoms with E-state index in [1.807, 2.05) is 6.07 Å². The van der Waals surface area contributed by atoms with E-state index in [9.17, 15) is 0 Å². The van der Waals surface area contributed by atoms with Gasteiger partial charge in [0.05, 0.1) is 13.2 Å². The lowest BCUT2D eigenvalue weighted by Gasteiger charge is -2.31. The maximum Gasteiger partial charge on any atom is 0.0642 e. The van der Waals surface area contributed by atoms with Gasteiger partial charge in [0.25, 0.3) is 0 Å². The number of hydrogen-bond donors (Lipinski definition) is 0. The van der Waals surface area contributed by atoms with Crippen LogP contribution < -0.4 is 0 Å². The van der Waals surface area contributed by atoms with Crippen molar-refractivity contribution in [2.45, 2.75) is 0 Å². The highest BCUT2D eigenvalue weighted by atomic mass is 16.5. The molecule has 1 aliphatic heterocycles. The van der Waals surface area contributed by atoms with Gasteiger partial charge < -0.3 is 9.64 Å². The normalized spacial score (nSPS) is 14.1. The van der Waals surface area contributed by atoms with Crippen LogP contribution in [0.4, 0.5) is 0 Å². The molecule has 1 saturated heterocycles. The predicted molar refractivity (Wildman–Crippen MR) is 143 cm³/mol. The second-order valence-electron chi connectivity index (χ2n) is 8.54. The Kier molecular flexibility index (Phi) is 6.69. The van der Waals surface area contributed by atoms with E-state index in [0.717, 1.165) is 37.4 Å². The summed E-state index contributed by atoms with van der Waals surface area (Å²) in [6.07, 6.45) is 2.22. The lowest BCUT2D eigenvalue weighted by Crippen LogP contribution is -2.35. The van der Waals surface area contributed by atoms with E-state index in [2.05, 4.69) is 121 Å². The molecule has 0 saturated carbocycles. The van der Waals surface area contributed by atoms with Gasteiger partial charge in [-0.2, -0.15) is 0 Å². The van der Waals surface area contributed by atoms with Gasteiger partial charge in [-0.1, -0.05) is 116 Å². The van der Waals surface area contributed by atoms with Crippen LogP contribution in [0.3, 0.4) is 0 Å². The van der Waals surface area contributed by atoms with E-state index < -0.39 is 0 Å². The van der Waals surface area contributed by atoms with Crippen molar-refractivity contribution in [3.8, 4) is 22.3 Å². The molecule has 34 heavy (non-hydrogen) atoms. The van der Waals surface area contributed by atoms with Crippen molar-refractivity contribution in [2.75, 3.05) is 26.3 Å². The number of morpholine rings is 1. The van der Waals surface area contributed by atoms with E-state index >= 15 is 0 Å². The van der Waals surface area contributed by atoms with E-state index in [1.165, 1.54) is 33.5 Å². The van der Waals surface area contributed by atoms with Gasteiger partial charge >= 0.3 is 0 Å². The lowest BCUT2D eigenvalue weighted by atomic mass is 9.98. The van der Waals surface area contributed by atoms with Crippen LogP contribution in [0.25, 0.3) is 33.5 Å². The summed E-state index contributed by atoms with van der Waals surface area (Å²) in [5, 5.41) is 0. The molecule has 0 N–H and O–H groups in total. The SMILES string of the molecule is C=C(/C=C(/c1ccc(-c2ccccc2)cc1)N1CCOCC1)c1ccc(-c2ccccc2)cc1. The Bertz CT molecular complexity index is 1250. The van der Waals surface area contributed by atoms with E-state index in [1.54, 1.807) is 0 Å². The van der Waals surface area contributed by atoms with Crippen LogP contribution in [0, 0.1) is 0 Å². The van der Waals surface area contributed by atoms with Gasteiger partial charge in [0.15, 0.2) is 0 Å². The maximum absolute atomic E-state index is 5.62. The van der Waals surface area contributed by atoms with Crippen molar-refractivity contribution in [3.63, 3.8) is 0 Å². The molecule has 1 heterocycles. The number of hydrogen-bond acceptors (Lipinski definition) is 2. The number of ether oxygens (including phenoxy) is 1. The molecule has 0 aromatic heterocycles. The van der Waals surface area contributed by atoms with Gasteiger partial charge in [-0.3, -0.25) is 0 Å². The first-order chi connectivity index (χ1) is 16.8. The molecule has 0 spiro atoms. The molecule has 2 nitrogen and oxygen atoms in total. The monoisotopic (exact) mass is 443 g/mol. The average molecular weight is 444 g/mol. The first-order valence-electron chi connectivity index (χ1n) is 11.8. The Morgan fingerprint density at radius 3 is 1.53 bits per heavy atom.